The molecule has 14 rings (SSSR count). The number of thiophene rings is 1. The van der Waals surface area contributed by atoms with Gasteiger partial charge in [0.05, 0.1) is 16.8 Å². The van der Waals surface area contributed by atoms with E-state index in [0.29, 0.717) is 0 Å². The number of nitrogens with zero attached hydrogens (tertiary/aromatic N) is 1. The predicted octanol–water partition coefficient (Wildman–Crippen LogP) is 14.8. The maximum absolute atomic E-state index is 2.72. The van der Waals surface area contributed by atoms with Crippen LogP contribution in [0.1, 0.15) is 99.9 Å². The Morgan fingerprint density at radius 2 is 0.913 bits per heavy atom. The fraction of sp³-hybridized carbons (Fsp3) is 0.182. The Morgan fingerprint density at radius 1 is 0.391 bits per heavy atom. The maximum Gasteiger partial charge on any atom is 0.182 e. The molecule has 0 atom stereocenters. The molecule has 0 N–H and O–H groups in total. The quantitative estimate of drug-likeness (QED) is 0.148. The van der Waals surface area contributed by atoms with Gasteiger partial charge in [-0.1, -0.05) is 207 Å². The highest BCUT2D eigenvalue weighted by molar-refractivity contribution is 7.26. The molecular formula is C66H55NSSi. The van der Waals surface area contributed by atoms with Gasteiger partial charge in [0.25, 0.3) is 0 Å². The number of hydrogen-bond donors (Lipinski definition) is 0. The second-order valence-corrected chi connectivity index (χ2v) is 27.6. The van der Waals surface area contributed by atoms with Crippen LogP contribution >= 0.6 is 11.3 Å². The standard InChI is InChI=1S/C66H55NSSi/c1-63(2,3)40-29-33-49-52(35-40)66(53-36-41(64(4,5)6)30-34-50(53)65(49,7)8)51-23-13-14-24-55(51)67(56-38-48-43-19-9-15-25-57(43)68-58(48)39-54(56)66)42-31-32-47-46-22-12-18-28-61(46)69(62(47)37-42)59-26-16-10-20-44(59)45-21-11-17-27-60(45)69/h9-39H,1-8H3. The molecule has 3 aliphatic heterocycles. The highest BCUT2D eigenvalue weighted by atomic mass is 32.1. The van der Waals surface area contributed by atoms with Gasteiger partial charge in [-0.25, -0.2) is 0 Å². The number of anilines is 3. The van der Waals surface area contributed by atoms with Gasteiger partial charge in [-0.05, 0) is 135 Å². The molecule has 0 fully saturated rings. The minimum absolute atomic E-state index is 0.0499. The van der Waals surface area contributed by atoms with Crippen molar-refractivity contribution in [2.45, 2.75) is 77.0 Å². The van der Waals surface area contributed by atoms with E-state index in [1.807, 2.05) is 11.3 Å². The van der Waals surface area contributed by atoms with Crippen LogP contribution in [0.15, 0.2) is 188 Å². The molecular weight excluding hydrogens is 867 g/mol. The summed E-state index contributed by atoms with van der Waals surface area (Å²) in [6, 6.07) is 74.3. The van der Waals surface area contributed by atoms with Gasteiger partial charge in [0.1, 0.15) is 0 Å². The predicted molar refractivity (Wildman–Crippen MR) is 297 cm³/mol. The Kier molecular flexibility index (Phi) is 8.19. The van der Waals surface area contributed by atoms with E-state index in [0.717, 1.165) is 0 Å². The molecule has 69 heavy (non-hydrogen) atoms. The molecule has 4 heterocycles. The molecule has 3 heteroatoms. The molecule has 1 aromatic heterocycles. The molecule has 1 nitrogen and oxygen atoms in total. The molecule has 9 aromatic carbocycles. The summed E-state index contributed by atoms with van der Waals surface area (Å²) in [5, 5.41) is 8.62. The third-order valence-corrected chi connectivity index (χ3v) is 22.9. The van der Waals surface area contributed by atoms with Gasteiger partial charge in [0.2, 0.25) is 0 Å². The highest BCUT2D eigenvalue weighted by Crippen LogP contribution is 2.64. The first-order valence-electron chi connectivity index (χ1n) is 24.8. The smallest absolute Gasteiger partial charge is 0.182 e. The third-order valence-electron chi connectivity index (χ3n) is 16.9. The van der Waals surface area contributed by atoms with Crippen LogP contribution < -0.4 is 25.6 Å². The Hall–Kier alpha value is -6.78. The van der Waals surface area contributed by atoms with Crippen LogP contribution in [0, 0.1) is 0 Å². The van der Waals surface area contributed by atoms with E-state index in [1.54, 1.807) is 0 Å². The SMILES string of the molecule is CC(C)(C)c1ccc2c(c1)C1(c3ccccc3N(c3ccc4c(c3)[Si]3(c5ccccc5-c5ccccc53)c3ccccc3-4)c3cc4c(cc31)sc1ccccc14)c1cc(C(C)(C)C)ccc1C2(C)C. The van der Waals surface area contributed by atoms with E-state index in [-0.39, 0.29) is 16.2 Å². The lowest BCUT2D eigenvalue weighted by Gasteiger charge is -2.53. The molecule has 1 aliphatic carbocycles. The Morgan fingerprint density at radius 3 is 1.51 bits per heavy atom. The molecule has 10 aromatic rings. The highest BCUT2D eigenvalue weighted by Gasteiger charge is 2.56. The van der Waals surface area contributed by atoms with Gasteiger partial charge in [-0.2, -0.15) is 0 Å². The average Bonchev–Trinajstić information content (AvgIpc) is 3.97. The molecule has 0 bridgehead atoms. The Labute approximate surface area is 411 Å². The summed E-state index contributed by atoms with van der Waals surface area (Å²) in [5.41, 5.74) is 19.3. The lowest BCUT2D eigenvalue weighted by Crippen LogP contribution is -2.70. The normalized spacial score (nSPS) is 16.1. The second kappa shape index (κ2) is 13.7. The van der Waals surface area contributed by atoms with Gasteiger partial charge in [0.15, 0.2) is 8.07 Å². The summed E-state index contributed by atoms with van der Waals surface area (Å²) < 4.78 is 2.65. The van der Waals surface area contributed by atoms with Crippen LogP contribution in [-0.4, -0.2) is 8.07 Å². The first-order chi connectivity index (χ1) is 33.2. The van der Waals surface area contributed by atoms with E-state index < -0.39 is 13.5 Å². The van der Waals surface area contributed by atoms with Crippen molar-refractivity contribution in [1.82, 2.24) is 0 Å². The number of benzene rings is 9. The Balaban J connectivity index is 1.14. The number of rotatable bonds is 1. The van der Waals surface area contributed by atoms with E-state index in [1.165, 1.54) is 125 Å². The number of hydrogen-bond acceptors (Lipinski definition) is 2. The summed E-state index contributed by atoms with van der Waals surface area (Å²) in [7, 11) is -2.72. The van der Waals surface area contributed by atoms with Crippen molar-refractivity contribution in [3.8, 4) is 22.3 Å². The molecule has 0 radical (unpaired) electrons. The van der Waals surface area contributed by atoms with E-state index in [2.05, 4.69) is 248 Å². The molecule has 0 amide bonds. The van der Waals surface area contributed by atoms with Crippen LogP contribution in [0.25, 0.3) is 42.4 Å². The van der Waals surface area contributed by atoms with Crippen molar-refractivity contribution < 1.29 is 0 Å². The molecule has 0 saturated carbocycles. The van der Waals surface area contributed by atoms with Gasteiger partial charge in [0, 0.05) is 31.3 Å². The van der Waals surface area contributed by atoms with Gasteiger partial charge in [-0.3, -0.25) is 0 Å². The third kappa shape index (κ3) is 5.20. The Bertz CT molecular complexity index is 3740. The molecule has 4 aliphatic rings. The van der Waals surface area contributed by atoms with Crippen LogP contribution in [0.2, 0.25) is 0 Å². The van der Waals surface area contributed by atoms with Crippen molar-refractivity contribution in [3.63, 3.8) is 0 Å². The largest absolute Gasteiger partial charge is 0.310 e. The van der Waals surface area contributed by atoms with E-state index >= 15 is 0 Å². The van der Waals surface area contributed by atoms with Gasteiger partial charge in [-0.15, -0.1) is 11.3 Å². The minimum Gasteiger partial charge on any atom is -0.310 e. The lowest BCUT2D eigenvalue weighted by atomic mass is 9.52. The van der Waals surface area contributed by atoms with E-state index in [9.17, 15) is 0 Å². The van der Waals surface area contributed by atoms with E-state index in [4.69, 9.17) is 0 Å². The molecule has 0 unspecified atom stereocenters. The van der Waals surface area contributed by atoms with Crippen LogP contribution in [-0.2, 0) is 21.7 Å². The average molecular weight is 922 g/mol. The zero-order valence-corrected chi connectivity index (χ0v) is 42.6. The fourth-order valence-corrected chi connectivity index (χ4v) is 20.4. The van der Waals surface area contributed by atoms with Crippen LogP contribution in [0.4, 0.5) is 17.1 Å². The van der Waals surface area contributed by atoms with Gasteiger partial charge >= 0.3 is 0 Å². The number of fused-ring (bicyclic) bond motifs is 21. The molecule has 334 valence electrons. The molecule has 0 saturated heterocycles. The first kappa shape index (κ1) is 41.2. The monoisotopic (exact) mass is 921 g/mol. The van der Waals surface area contributed by atoms with Crippen molar-refractivity contribution in [1.29, 1.82) is 0 Å². The van der Waals surface area contributed by atoms with Crippen LogP contribution in [0.3, 0.4) is 0 Å². The maximum atomic E-state index is 2.67. The number of para-hydroxylation sites is 1. The van der Waals surface area contributed by atoms with Crippen molar-refractivity contribution >= 4 is 77.4 Å². The first-order valence-corrected chi connectivity index (χ1v) is 27.7. The van der Waals surface area contributed by atoms with Gasteiger partial charge < -0.3 is 4.90 Å². The van der Waals surface area contributed by atoms with Crippen molar-refractivity contribution in [3.05, 3.63) is 233 Å². The summed E-state index contributed by atoms with van der Waals surface area (Å²) in [6.07, 6.45) is 0. The topological polar surface area (TPSA) is 3.24 Å². The van der Waals surface area contributed by atoms with Crippen LogP contribution in [0.5, 0.6) is 0 Å². The minimum atomic E-state index is -2.72. The van der Waals surface area contributed by atoms with Crippen molar-refractivity contribution in [2.24, 2.45) is 0 Å². The second-order valence-electron chi connectivity index (χ2n) is 22.8. The summed E-state index contributed by atoms with van der Waals surface area (Å²) >= 11 is 1.93. The van der Waals surface area contributed by atoms with Crippen molar-refractivity contribution in [2.75, 3.05) is 4.90 Å². The summed E-state index contributed by atoms with van der Waals surface area (Å²) in [4.78, 5) is 2.67. The summed E-state index contributed by atoms with van der Waals surface area (Å²) in [6.45, 7) is 19.1. The zero-order chi connectivity index (χ0) is 47.0. The zero-order valence-electron chi connectivity index (χ0n) is 40.8. The lowest BCUT2D eigenvalue weighted by molar-refractivity contribution is 0.539. The molecule has 2 spiro atoms. The fourth-order valence-electron chi connectivity index (χ4n) is 13.6. The summed E-state index contributed by atoms with van der Waals surface area (Å²) in [5.74, 6) is 0.